The third kappa shape index (κ3) is 6.61. The summed E-state index contributed by atoms with van der Waals surface area (Å²) in [4.78, 5) is 28.5. The zero-order valence-corrected chi connectivity index (χ0v) is 17.9. The van der Waals surface area contributed by atoms with Gasteiger partial charge in [-0.15, -0.1) is 0 Å². The first-order valence-electron chi connectivity index (χ1n) is 10.1. The lowest BCUT2D eigenvalue weighted by Gasteiger charge is -2.36. The molecule has 0 aromatic heterocycles. The molecule has 158 valence electrons. The summed E-state index contributed by atoms with van der Waals surface area (Å²) in [5, 5.41) is 0.649. The van der Waals surface area contributed by atoms with E-state index in [4.69, 9.17) is 11.6 Å². The Bertz CT molecular complexity index is 893. The van der Waals surface area contributed by atoms with Crippen LogP contribution < -0.4 is 15.8 Å². The number of carbonyl (C=O) groups is 2. The SMILES string of the molecule is Cc1ccc(/C=C/C(=O)NNC(=O)CCN2CCN(c3ccccc3)CC2)cc1Cl. The van der Waals surface area contributed by atoms with Crippen molar-refractivity contribution >= 4 is 35.2 Å². The van der Waals surface area contributed by atoms with Crippen molar-refractivity contribution in [3.8, 4) is 0 Å². The summed E-state index contributed by atoms with van der Waals surface area (Å²) in [5.41, 5.74) is 7.91. The fourth-order valence-electron chi connectivity index (χ4n) is 3.25. The van der Waals surface area contributed by atoms with Gasteiger partial charge >= 0.3 is 0 Å². The van der Waals surface area contributed by atoms with Crippen molar-refractivity contribution in [3.05, 3.63) is 70.8 Å². The zero-order chi connectivity index (χ0) is 21.3. The van der Waals surface area contributed by atoms with E-state index in [9.17, 15) is 9.59 Å². The Morgan fingerprint density at radius 3 is 2.47 bits per heavy atom. The number of para-hydroxylation sites is 1. The Hall–Kier alpha value is -2.83. The number of halogens is 1. The van der Waals surface area contributed by atoms with Crippen molar-refractivity contribution in [2.45, 2.75) is 13.3 Å². The number of hydrazine groups is 1. The molecule has 0 aliphatic carbocycles. The standard InChI is InChI=1S/C23H27ClN4O2/c1-18-7-8-19(17-21(18)24)9-10-22(29)25-26-23(30)11-12-27-13-15-28(16-14-27)20-5-3-2-4-6-20/h2-10,17H,11-16H2,1H3,(H,25,29)(H,26,30)/b10-9+. The molecule has 3 rings (SSSR count). The van der Waals surface area contributed by atoms with E-state index in [1.807, 2.05) is 37.3 Å². The van der Waals surface area contributed by atoms with Crippen LogP contribution in [-0.2, 0) is 9.59 Å². The van der Waals surface area contributed by atoms with Crippen molar-refractivity contribution in [3.63, 3.8) is 0 Å². The molecule has 1 heterocycles. The average Bonchev–Trinajstić information content (AvgIpc) is 2.78. The molecule has 6 nitrogen and oxygen atoms in total. The molecule has 0 spiro atoms. The van der Waals surface area contributed by atoms with E-state index in [0.717, 1.165) is 37.3 Å². The summed E-state index contributed by atoms with van der Waals surface area (Å²) in [6, 6.07) is 15.9. The van der Waals surface area contributed by atoms with E-state index >= 15 is 0 Å². The minimum Gasteiger partial charge on any atom is -0.369 e. The van der Waals surface area contributed by atoms with E-state index < -0.39 is 5.91 Å². The first-order valence-corrected chi connectivity index (χ1v) is 10.4. The van der Waals surface area contributed by atoms with Crippen LogP contribution in [0.25, 0.3) is 6.08 Å². The average molecular weight is 427 g/mol. The topological polar surface area (TPSA) is 64.7 Å². The van der Waals surface area contributed by atoms with Crippen LogP contribution in [0.5, 0.6) is 0 Å². The van der Waals surface area contributed by atoms with Crippen molar-refractivity contribution in [1.82, 2.24) is 15.8 Å². The van der Waals surface area contributed by atoms with Crippen LogP contribution in [0.2, 0.25) is 5.02 Å². The summed E-state index contributed by atoms with van der Waals surface area (Å²) in [7, 11) is 0. The van der Waals surface area contributed by atoms with Crippen LogP contribution in [0.15, 0.2) is 54.6 Å². The maximum Gasteiger partial charge on any atom is 0.262 e. The van der Waals surface area contributed by atoms with Gasteiger partial charge in [-0.1, -0.05) is 41.9 Å². The molecule has 0 radical (unpaired) electrons. The number of benzene rings is 2. The number of hydrogen-bond donors (Lipinski definition) is 2. The highest BCUT2D eigenvalue weighted by Crippen LogP contribution is 2.17. The molecule has 2 amide bonds. The van der Waals surface area contributed by atoms with Gasteiger partial charge in [-0.3, -0.25) is 25.3 Å². The second-order valence-electron chi connectivity index (χ2n) is 7.29. The number of nitrogens with one attached hydrogen (secondary N) is 2. The van der Waals surface area contributed by atoms with E-state index in [1.165, 1.54) is 11.8 Å². The number of rotatable bonds is 6. The Kier molecular flexibility index (Phi) is 7.88. The molecule has 0 bridgehead atoms. The Morgan fingerprint density at radius 1 is 1.03 bits per heavy atom. The molecule has 0 saturated carbocycles. The fourth-order valence-corrected chi connectivity index (χ4v) is 3.44. The number of piperazine rings is 1. The lowest BCUT2D eigenvalue weighted by molar-refractivity contribution is -0.127. The van der Waals surface area contributed by atoms with Gasteiger partial charge in [-0.05, 0) is 42.3 Å². The molecule has 1 aliphatic rings. The van der Waals surface area contributed by atoms with Crippen LogP contribution in [-0.4, -0.2) is 49.4 Å². The van der Waals surface area contributed by atoms with Gasteiger partial charge in [0.25, 0.3) is 5.91 Å². The highest BCUT2D eigenvalue weighted by Gasteiger charge is 2.17. The van der Waals surface area contributed by atoms with Gasteiger partial charge in [-0.2, -0.15) is 0 Å². The predicted octanol–water partition coefficient (Wildman–Crippen LogP) is 3.02. The van der Waals surface area contributed by atoms with Gasteiger partial charge in [-0.25, -0.2) is 0 Å². The normalized spacial score (nSPS) is 14.7. The molecule has 1 saturated heterocycles. The molecule has 1 aliphatic heterocycles. The van der Waals surface area contributed by atoms with E-state index in [-0.39, 0.29) is 5.91 Å². The van der Waals surface area contributed by atoms with Crippen LogP contribution in [0.1, 0.15) is 17.5 Å². The number of hydrogen-bond acceptors (Lipinski definition) is 4. The quantitative estimate of drug-likeness (QED) is 0.550. The number of aryl methyl sites for hydroxylation is 1. The third-order valence-electron chi connectivity index (χ3n) is 5.10. The molecular weight excluding hydrogens is 400 g/mol. The lowest BCUT2D eigenvalue weighted by atomic mass is 10.1. The highest BCUT2D eigenvalue weighted by molar-refractivity contribution is 6.31. The largest absolute Gasteiger partial charge is 0.369 e. The van der Waals surface area contributed by atoms with E-state index in [2.05, 4.69) is 32.8 Å². The molecule has 2 aromatic rings. The number of amides is 2. The van der Waals surface area contributed by atoms with Crippen LogP contribution in [0.4, 0.5) is 5.69 Å². The van der Waals surface area contributed by atoms with Crippen LogP contribution in [0.3, 0.4) is 0 Å². The Balaban J connectivity index is 1.33. The molecular formula is C23H27ClN4O2. The van der Waals surface area contributed by atoms with Crippen molar-refractivity contribution in [1.29, 1.82) is 0 Å². The van der Waals surface area contributed by atoms with Gasteiger partial charge in [0.15, 0.2) is 0 Å². The van der Waals surface area contributed by atoms with Crippen molar-refractivity contribution in [2.75, 3.05) is 37.6 Å². The second-order valence-corrected chi connectivity index (χ2v) is 7.70. The Labute approximate surface area is 182 Å². The first-order chi connectivity index (χ1) is 14.5. The third-order valence-corrected chi connectivity index (χ3v) is 5.50. The summed E-state index contributed by atoms with van der Waals surface area (Å²) in [6.07, 6.45) is 3.35. The predicted molar refractivity (Wildman–Crippen MR) is 121 cm³/mol. The van der Waals surface area contributed by atoms with Crippen molar-refractivity contribution < 1.29 is 9.59 Å². The van der Waals surface area contributed by atoms with Gasteiger partial charge in [0, 0.05) is 55.9 Å². The van der Waals surface area contributed by atoms with Gasteiger partial charge in [0.05, 0.1) is 0 Å². The monoisotopic (exact) mass is 426 g/mol. The fraction of sp³-hybridized carbons (Fsp3) is 0.304. The molecule has 0 atom stereocenters. The molecule has 1 fully saturated rings. The van der Waals surface area contributed by atoms with Crippen LogP contribution >= 0.6 is 11.6 Å². The summed E-state index contributed by atoms with van der Waals surface area (Å²) >= 11 is 6.07. The molecule has 2 N–H and O–H groups in total. The van der Waals surface area contributed by atoms with Gasteiger partial charge in [0.2, 0.25) is 5.91 Å². The lowest BCUT2D eigenvalue weighted by Crippen LogP contribution is -2.48. The number of carbonyl (C=O) groups excluding carboxylic acids is 2. The Morgan fingerprint density at radius 2 is 1.77 bits per heavy atom. The summed E-state index contributed by atoms with van der Waals surface area (Å²) in [6.45, 7) is 6.29. The van der Waals surface area contributed by atoms with E-state index in [1.54, 1.807) is 12.1 Å². The summed E-state index contributed by atoms with van der Waals surface area (Å²) in [5.74, 6) is -0.600. The zero-order valence-electron chi connectivity index (χ0n) is 17.1. The molecule has 2 aromatic carbocycles. The van der Waals surface area contributed by atoms with Crippen LogP contribution in [0, 0.1) is 6.92 Å². The van der Waals surface area contributed by atoms with Gasteiger partial charge < -0.3 is 4.90 Å². The number of anilines is 1. The molecule has 7 heteroatoms. The smallest absolute Gasteiger partial charge is 0.262 e. The van der Waals surface area contributed by atoms with E-state index in [0.29, 0.717) is 18.0 Å². The minimum absolute atomic E-state index is 0.208. The minimum atomic E-state index is -0.392. The molecule has 0 unspecified atom stereocenters. The molecule has 30 heavy (non-hydrogen) atoms. The first kappa shape index (κ1) is 21.9. The second kappa shape index (κ2) is 10.8. The summed E-state index contributed by atoms with van der Waals surface area (Å²) < 4.78 is 0. The van der Waals surface area contributed by atoms with Gasteiger partial charge in [0.1, 0.15) is 0 Å². The maximum atomic E-state index is 12.0. The van der Waals surface area contributed by atoms with Crippen molar-refractivity contribution in [2.24, 2.45) is 0 Å². The highest BCUT2D eigenvalue weighted by atomic mass is 35.5. The maximum absolute atomic E-state index is 12.0. The number of nitrogens with zero attached hydrogens (tertiary/aromatic N) is 2.